The number of aryl methyl sites for hydroxylation is 1. The molecular weight excluding hydrogens is 316 g/mol. The topological polar surface area (TPSA) is 64.4 Å². The van der Waals surface area contributed by atoms with E-state index >= 15 is 0 Å². The molecule has 0 saturated heterocycles. The molecule has 1 N–H and O–H groups in total. The standard InChI is InChI=1S/C20H18N2O3/c1-13-18(19(22-25-13)14-7-3-2-4-8-14)20(23)21-16-11-15-9-5-6-10-17(15)24-12-16/h2-10,16H,11-12H2,1H3,(H,21,23)/t16-/m0/s1. The molecule has 1 aliphatic rings. The fourth-order valence-corrected chi connectivity index (χ4v) is 3.11. The minimum Gasteiger partial charge on any atom is -0.491 e. The molecule has 1 aliphatic heterocycles. The smallest absolute Gasteiger partial charge is 0.257 e. The summed E-state index contributed by atoms with van der Waals surface area (Å²) >= 11 is 0. The van der Waals surface area contributed by atoms with Gasteiger partial charge in [-0.15, -0.1) is 0 Å². The van der Waals surface area contributed by atoms with Gasteiger partial charge in [0.1, 0.15) is 29.4 Å². The first kappa shape index (κ1) is 15.4. The highest BCUT2D eigenvalue weighted by atomic mass is 16.5. The first-order chi connectivity index (χ1) is 12.2. The first-order valence-electron chi connectivity index (χ1n) is 8.25. The zero-order chi connectivity index (χ0) is 17.2. The maximum Gasteiger partial charge on any atom is 0.257 e. The Labute approximate surface area is 145 Å². The molecule has 1 atom stereocenters. The Balaban J connectivity index is 1.56. The Morgan fingerprint density at radius 2 is 1.88 bits per heavy atom. The normalized spacial score (nSPS) is 16.0. The Bertz CT molecular complexity index is 902. The molecule has 0 aliphatic carbocycles. The highest BCUT2D eigenvalue weighted by Crippen LogP contribution is 2.27. The van der Waals surface area contributed by atoms with Crippen molar-refractivity contribution >= 4 is 5.91 Å². The third-order valence-corrected chi connectivity index (χ3v) is 4.35. The molecule has 2 heterocycles. The van der Waals surface area contributed by atoms with E-state index in [0.29, 0.717) is 23.6 Å². The minimum absolute atomic E-state index is 0.0830. The molecule has 0 saturated carbocycles. The number of benzene rings is 2. The molecule has 5 nitrogen and oxygen atoms in total. The predicted octanol–water partition coefficient (Wildman–Crippen LogP) is 3.38. The largest absolute Gasteiger partial charge is 0.491 e. The Morgan fingerprint density at radius 1 is 1.12 bits per heavy atom. The van der Waals surface area contributed by atoms with Crippen LogP contribution in [0.15, 0.2) is 59.1 Å². The van der Waals surface area contributed by atoms with Crippen LogP contribution in [0.4, 0.5) is 0 Å². The number of carbonyl (C=O) groups excluding carboxylic acids is 1. The van der Waals surface area contributed by atoms with Gasteiger partial charge in [0.25, 0.3) is 5.91 Å². The molecule has 0 spiro atoms. The van der Waals surface area contributed by atoms with E-state index in [1.807, 2.05) is 54.6 Å². The number of carbonyl (C=O) groups is 1. The van der Waals surface area contributed by atoms with Crippen molar-refractivity contribution in [2.45, 2.75) is 19.4 Å². The quantitative estimate of drug-likeness (QED) is 0.797. The fourth-order valence-electron chi connectivity index (χ4n) is 3.11. The molecule has 0 bridgehead atoms. The van der Waals surface area contributed by atoms with E-state index in [4.69, 9.17) is 9.26 Å². The van der Waals surface area contributed by atoms with Crippen LogP contribution in [0.1, 0.15) is 21.7 Å². The predicted molar refractivity (Wildman–Crippen MR) is 93.6 cm³/mol. The van der Waals surface area contributed by atoms with Crippen LogP contribution in [0.25, 0.3) is 11.3 Å². The third kappa shape index (κ3) is 3.01. The average Bonchev–Trinajstić information content (AvgIpc) is 3.04. The summed E-state index contributed by atoms with van der Waals surface area (Å²) in [6.07, 6.45) is 0.743. The lowest BCUT2D eigenvalue weighted by Crippen LogP contribution is -2.42. The van der Waals surface area contributed by atoms with Gasteiger partial charge in [-0.1, -0.05) is 53.7 Å². The van der Waals surface area contributed by atoms with E-state index < -0.39 is 0 Å². The fraction of sp³-hybridized carbons (Fsp3) is 0.200. The van der Waals surface area contributed by atoms with Crippen molar-refractivity contribution in [1.29, 1.82) is 0 Å². The third-order valence-electron chi connectivity index (χ3n) is 4.35. The number of para-hydroxylation sites is 1. The number of nitrogens with one attached hydrogen (secondary N) is 1. The summed E-state index contributed by atoms with van der Waals surface area (Å²) in [6, 6.07) is 17.4. The van der Waals surface area contributed by atoms with Gasteiger partial charge in [-0.25, -0.2) is 0 Å². The summed E-state index contributed by atoms with van der Waals surface area (Å²) in [4.78, 5) is 12.8. The summed E-state index contributed by atoms with van der Waals surface area (Å²) < 4.78 is 11.0. The summed E-state index contributed by atoms with van der Waals surface area (Å²) in [7, 11) is 0. The Morgan fingerprint density at radius 3 is 2.72 bits per heavy atom. The maximum absolute atomic E-state index is 12.8. The Kier molecular flexibility index (Phi) is 3.98. The van der Waals surface area contributed by atoms with Crippen LogP contribution < -0.4 is 10.1 Å². The molecule has 0 unspecified atom stereocenters. The van der Waals surface area contributed by atoms with Crippen LogP contribution in [-0.2, 0) is 6.42 Å². The van der Waals surface area contributed by atoms with Crippen molar-refractivity contribution in [2.75, 3.05) is 6.61 Å². The second kappa shape index (κ2) is 6.43. The zero-order valence-corrected chi connectivity index (χ0v) is 13.9. The van der Waals surface area contributed by atoms with E-state index in [-0.39, 0.29) is 11.9 Å². The van der Waals surface area contributed by atoms with Crippen LogP contribution in [-0.4, -0.2) is 23.7 Å². The van der Waals surface area contributed by atoms with Crippen LogP contribution in [0.2, 0.25) is 0 Å². The van der Waals surface area contributed by atoms with Crippen molar-refractivity contribution in [3.63, 3.8) is 0 Å². The van der Waals surface area contributed by atoms with Crippen LogP contribution in [0.3, 0.4) is 0 Å². The molecule has 2 aromatic carbocycles. The van der Waals surface area contributed by atoms with E-state index in [9.17, 15) is 4.79 Å². The molecule has 1 aromatic heterocycles. The van der Waals surface area contributed by atoms with Gasteiger partial charge in [0, 0.05) is 5.56 Å². The van der Waals surface area contributed by atoms with Crippen molar-refractivity contribution in [3.05, 3.63) is 71.5 Å². The number of ether oxygens (including phenoxy) is 1. The van der Waals surface area contributed by atoms with Crippen molar-refractivity contribution in [1.82, 2.24) is 10.5 Å². The SMILES string of the molecule is Cc1onc(-c2ccccc2)c1C(=O)N[C@@H]1COc2ccccc2C1. The molecule has 5 heteroatoms. The number of hydrogen-bond acceptors (Lipinski definition) is 4. The number of rotatable bonds is 3. The van der Waals surface area contributed by atoms with Gasteiger partial charge >= 0.3 is 0 Å². The number of fused-ring (bicyclic) bond motifs is 1. The Hall–Kier alpha value is -3.08. The van der Waals surface area contributed by atoms with E-state index in [1.54, 1.807) is 6.92 Å². The lowest BCUT2D eigenvalue weighted by atomic mass is 10.0. The van der Waals surface area contributed by atoms with E-state index in [2.05, 4.69) is 10.5 Å². The van der Waals surface area contributed by atoms with Crippen LogP contribution >= 0.6 is 0 Å². The molecule has 0 fully saturated rings. The monoisotopic (exact) mass is 334 g/mol. The maximum atomic E-state index is 12.8. The van der Waals surface area contributed by atoms with E-state index in [0.717, 1.165) is 23.3 Å². The molecule has 3 aromatic rings. The lowest BCUT2D eigenvalue weighted by molar-refractivity contribution is 0.0914. The van der Waals surface area contributed by atoms with Gasteiger partial charge in [0.15, 0.2) is 0 Å². The molecule has 0 radical (unpaired) electrons. The molecule has 4 rings (SSSR count). The van der Waals surface area contributed by atoms with Gasteiger partial charge in [0.05, 0.1) is 6.04 Å². The van der Waals surface area contributed by atoms with Gasteiger partial charge in [0.2, 0.25) is 0 Å². The van der Waals surface area contributed by atoms with Crippen LogP contribution in [0.5, 0.6) is 5.75 Å². The van der Waals surface area contributed by atoms with Crippen LogP contribution in [0, 0.1) is 6.92 Å². The molecule has 25 heavy (non-hydrogen) atoms. The molecule has 1 amide bonds. The lowest BCUT2D eigenvalue weighted by Gasteiger charge is -2.26. The highest BCUT2D eigenvalue weighted by molar-refractivity contribution is 6.00. The van der Waals surface area contributed by atoms with Gasteiger partial charge in [-0.05, 0) is 25.0 Å². The molecule has 126 valence electrons. The van der Waals surface area contributed by atoms with Crippen molar-refractivity contribution in [3.8, 4) is 17.0 Å². The van der Waals surface area contributed by atoms with Crippen molar-refractivity contribution in [2.24, 2.45) is 0 Å². The number of aromatic nitrogens is 1. The summed E-state index contributed by atoms with van der Waals surface area (Å²) in [6.45, 7) is 2.20. The van der Waals surface area contributed by atoms with Gasteiger partial charge < -0.3 is 14.6 Å². The van der Waals surface area contributed by atoms with Gasteiger partial charge in [-0.3, -0.25) is 4.79 Å². The summed E-state index contributed by atoms with van der Waals surface area (Å²) in [5.74, 6) is 1.21. The molecular formula is C20H18N2O3. The van der Waals surface area contributed by atoms with Crippen molar-refractivity contribution < 1.29 is 14.1 Å². The number of nitrogens with zero attached hydrogens (tertiary/aromatic N) is 1. The number of amides is 1. The summed E-state index contributed by atoms with van der Waals surface area (Å²) in [5, 5.41) is 7.12. The second-order valence-corrected chi connectivity index (χ2v) is 6.12. The summed E-state index contributed by atoms with van der Waals surface area (Å²) in [5.41, 5.74) is 3.00. The van der Waals surface area contributed by atoms with E-state index in [1.165, 1.54) is 0 Å². The number of hydrogen-bond donors (Lipinski definition) is 1. The second-order valence-electron chi connectivity index (χ2n) is 6.12. The average molecular weight is 334 g/mol. The highest BCUT2D eigenvalue weighted by Gasteiger charge is 2.26. The zero-order valence-electron chi connectivity index (χ0n) is 13.9. The minimum atomic E-state index is -0.189. The first-order valence-corrected chi connectivity index (χ1v) is 8.25. The van der Waals surface area contributed by atoms with Gasteiger partial charge in [-0.2, -0.15) is 0 Å².